The highest BCUT2D eigenvalue weighted by Crippen LogP contribution is 2.23. The average molecular weight is 337 g/mol. The molecule has 0 aliphatic carbocycles. The van der Waals surface area contributed by atoms with Gasteiger partial charge in [0.15, 0.2) is 11.8 Å². The minimum atomic E-state index is 0.100. The molecule has 2 N–H and O–H groups in total. The van der Waals surface area contributed by atoms with Gasteiger partial charge in [-0.1, -0.05) is 36.4 Å². The van der Waals surface area contributed by atoms with E-state index in [-0.39, 0.29) is 6.04 Å². The predicted molar refractivity (Wildman–Crippen MR) is 92.4 cm³/mol. The van der Waals surface area contributed by atoms with Gasteiger partial charge in [-0.05, 0) is 23.6 Å². The number of nitrogens with zero attached hydrogens (tertiary/aromatic N) is 1. The lowest BCUT2D eigenvalue weighted by Gasteiger charge is -2.12. The van der Waals surface area contributed by atoms with Crippen LogP contribution in [0.2, 0.25) is 0 Å². The summed E-state index contributed by atoms with van der Waals surface area (Å²) >= 11 is 1.63. The van der Waals surface area contributed by atoms with Crippen molar-refractivity contribution in [1.29, 1.82) is 0 Å². The van der Waals surface area contributed by atoms with Crippen molar-refractivity contribution >= 4 is 11.3 Å². The Labute approximate surface area is 143 Å². The van der Waals surface area contributed by atoms with Crippen molar-refractivity contribution in [2.24, 2.45) is 0 Å². The maximum absolute atomic E-state index is 5.63. The normalized spacial score (nSPS) is 12.3. The number of rotatable bonds is 6. The molecule has 0 radical (unpaired) electrons. The van der Waals surface area contributed by atoms with Crippen LogP contribution in [0.15, 0.2) is 81.3 Å². The first-order valence-corrected chi connectivity index (χ1v) is 8.68. The Morgan fingerprint density at radius 2 is 1.92 bits per heavy atom. The minimum absolute atomic E-state index is 0.100. The van der Waals surface area contributed by atoms with Crippen LogP contribution in [0.1, 0.15) is 23.1 Å². The smallest absolute Gasteiger partial charge is 0.236 e. The Bertz CT molecular complexity index is 867. The summed E-state index contributed by atoms with van der Waals surface area (Å²) in [6, 6.07) is 18.4. The van der Waals surface area contributed by atoms with E-state index in [2.05, 4.69) is 22.4 Å². The fourth-order valence-electron chi connectivity index (χ4n) is 2.70. The van der Waals surface area contributed by atoms with E-state index in [4.69, 9.17) is 8.83 Å². The van der Waals surface area contributed by atoms with Crippen molar-refractivity contribution in [3.05, 3.63) is 89.5 Å². The van der Waals surface area contributed by atoms with E-state index in [0.29, 0.717) is 5.89 Å². The summed E-state index contributed by atoms with van der Waals surface area (Å²) in [5.74, 6) is 1.62. The lowest BCUT2D eigenvalue weighted by molar-refractivity contribution is -0.704. The van der Waals surface area contributed by atoms with Gasteiger partial charge in [-0.15, -0.1) is 11.3 Å². The quantitative estimate of drug-likeness (QED) is 0.581. The fourth-order valence-corrected chi connectivity index (χ4v) is 3.35. The number of quaternary nitrogens is 1. The highest BCUT2D eigenvalue weighted by molar-refractivity contribution is 7.13. The molecule has 0 unspecified atom stereocenters. The first-order chi connectivity index (χ1) is 11.9. The van der Waals surface area contributed by atoms with Gasteiger partial charge in [0.25, 0.3) is 0 Å². The molecule has 3 heterocycles. The van der Waals surface area contributed by atoms with E-state index < -0.39 is 0 Å². The molecule has 0 saturated heterocycles. The van der Waals surface area contributed by atoms with Gasteiger partial charge in [-0.3, -0.25) is 0 Å². The number of thiophene rings is 1. The molecule has 120 valence electrons. The second kappa shape index (κ2) is 6.86. The Balaban J connectivity index is 1.52. The Morgan fingerprint density at radius 1 is 1.00 bits per heavy atom. The molecule has 3 aromatic heterocycles. The van der Waals surface area contributed by atoms with Crippen LogP contribution in [-0.2, 0) is 6.54 Å². The SMILES string of the molecule is c1ccc([C@H]([NH2+]Cc2coc(-c3cccs3)n2)c2ccco2)cc1. The van der Waals surface area contributed by atoms with Crippen LogP contribution in [0.4, 0.5) is 0 Å². The molecule has 4 nitrogen and oxygen atoms in total. The van der Waals surface area contributed by atoms with Crippen LogP contribution >= 0.6 is 11.3 Å². The largest absolute Gasteiger partial charge is 0.463 e. The van der Waals surface area contributed by atoms with Crippen molar-refractivity contribution in [1.82, 2.24) is 4.98 Å². The van der Waals surface area contributed by atoms with Crippen molar-refractivity contribution < 1.29 is 14.2 Å². The lowest BCUT2D eigenvalue weighted by Crippen LogP contribution is -2.83. The van der Waals surface area contributed by atoms with E-state index in [9.17, 15) is 0 Å². The third kappa shape index (κ3) is 3.18. The molecule has 0 aliphatic rings. The number of furan rings is 1. The zero-order chi connectivity index (χ0) is 16.2. The second-order valence-corrected chi connectivity index (χ2v) is 6.41. The second-order valence-electron chi connectivity index (χ2n) is 5.46. The summed E-state index contributed by atoms with van der Waals surface area (Å²) in [7, 11) is 0. The molecule has 0 aliphatic heterocycles. The van der Waals surface area contributed by atoms with E-state index in [1.807, 2.05) is 47.8 Å². The lowest BCUT2D eigenvalue weighted by atomic mass is 10.0. The topological polar surface area (TPSA) is 55.8 Å². The monoisotopic (exact) mass is 337 g/mol. The van der Waals surface area contributed by atoms with Crippen molar-refractivity contribution in [3.63, 3.8) is 0 Å². The molecule has 0 spiro atoms. The van der Waals surface area contributed by atoms with Crippen molar-refractivity contribution in [3.8, 4) is 10.8 Å². The highest BCUT2D eigenvalue weighted by atomic mass is 32.1. The van der Waals surface area contributed by atoms with Crippen LogP contribution in [-0.4, -0.2) is 4.98 Å². The Morgan fingerprint density at radius 3 is 2.67 bits per heavy atom. The highest BCUT2D eigenvalue weighted by Gasteiger charge is 2.21. The van der Waals surface area contributed by atoms with Crippen molar-refractivity contribution in [2.45, 2.75) is 12.6 Å². The number of nitrogens with two attached hydrogens (primary N) is 1. The number of benzene rings is 1. The maximum atomic E-state index is 5.63. The minimum Gasteiger partial charge on any atom is -0.463 e. The van der Waals surface area contributed by atoms with E-state index in [0.717, 1.165) is 22.9 Å². The van der Waals surface area contributed by atoms with Crippen LogP contribution in [0.3, 0.4) is 0 Å². The molecule has 1 aromatic carbocycles. The van der Waals surface area contributed by atoms with E-state index in [1.54, 1.807) is 23.9 Å². The third-order valence-electron chi connectivity index (χ3n) is 3.85. The molecule has 5 heteroatoms. The van der Waals surface area contributed by atoms with Gasteiger partial charge in [0, 0.05) is 5.56 Å². The zero-order valence-corrected chi connectivity index (χ0v) is 13.8. The molecular formula is C19H17N2O2S+. The molecule has 0 saturated carbocycles. The summed E-state index contributed by atoms with van der Waals surface area (Å²) < 4.78 is 11.2. The summed E-state index contributed by atoms with van der Waals surface area (Å²) in [6.07, 6.45) is 3.44. The molecular weight excluding hydrogens is 320 g/mol. The van der Waals surface area contributed by atoms with Gasteiger partial charge < -0.3 is 14.2 Å². The molecule has 4 aromatic rings. The van der Waals surface area contributed by atoms with E-state index in [1.165, 1.54) is 5.56 Å². The van der Waals surface area contributed by atoms with E-state index >= 15 is 0 Å². The van der Waals surface area contributed by atoms with Gasteiger partial charge in [-0.2, -0.15) is 0 Å². The summed E-state index contributed by atoms with van der Waals surface area (Å²) in [5.41, 5.74) is 2.13. The number of aromatic nitrogens is 1. The number of hydrogen-bond acceptors (Lipinski definition) is 4. The summed E-state index contributed by atoms with van der Waals surface area (Å²) in [6.45, 7) is 0.717. The van der Waals surface area contributed by atoms with Crippen molar-refractivity contribution in [2.75, 3.05) is 0 Å². The number of oxazole rings is 1. The van der Waals surface area contributed by atoms with Gasteiger partial charge in [-0.25, -0.2) is 4.98 Å². The van der Waals surface area contributed by atoms with Gasteiger partial charge in [0.05, 0.1) is 11.1 Å². The van der Waals surface area contributed by atoms with Gasteiger partial charge in [0.1, 0.15) is 18.5 Å². The average Bonchev–Trinajstić information content (AvgIpc) is 3.38. The Kier molecular flexibility index (Phi) is 4.27. The molecule has 0 amide bonds. The third-order valence-corrected chi connectivity index (χ3v) is 4.71. The first-order valence-electron chi connectivity index (χ1n) is 7.80. The predicted octanol–water partition coefficient (Wildman–Crippen LogP) is 3.85. The fraction of sp³-hybridized carbons (Fsp3) is 0.105. The molecule has 24 heavy (non-hydrogen) atoms. The molecule has 1 atom stereocenters. The first kappa shape index (κ1) is 14.9. The maximum Gasteiger partial charge on any atom is 0.236 e. The van der Waals surface area contributed by atoms with Gasteiger partial charge >= 0.3 is 0 Å². The van der Waals surface area contributed by atoms with Crippen LogP contribution in [0.25, 0.3) is 10.8 Å². The van der Waals surface area contributed by atoms with Crippen LogP contribution in [0, 0.1) is 0 Å². The standard InChI is InChI=1S/C19H16N2O2S/c1-2-6-14(7-3-1)18(16-8-4-10-22-16)20-12-15-13-23-19(21-15)17-9-5-11-24-17/h1-11,13,18,20H,12H2/p+1/t18-/m0/s1. The summed E-state index contributed by atoms with van der Waals surface area (Å²) in [5, 5.41) is 4.23. The Hall–Kier alpha value is -2.63. The molecule has 0 fully saturated rings. The summed E-state index contributed by atoms with van der Waals surface area (Å²) in [4.78, 5) is 5.63. The zero-order valence-electron chi connectivity index (χ0n) is 13.0. The van der Waals surface area contributed by atoms with Crippen LogP contribution < -0.4 is 5.32 Å². The molecule has 0 bridgehead atoms. The molecule has 4 rings (SSSR count). The van der Waals surface area contributed by atoms with Gasteiger partial charge in [0.2, 0.25) is 5.89 Å². The van der Waals surface area contributed by atoms with Crippen LogP contribution in [0.5, 0.6) is 0 Å². The number of hydrogen-bond donors (Lipinski definition) is 1.